The van der Waals surface area contributed by atoms with Crippen molar-refractivity contribution in [2.45, 2.75) is 122 Å². The van der Waals surface area contributed by atoms with Crippen molar-refractivity contribution in [1.29, 1.82) is 0 Å². The lowest BCUT2D eigenvalue weighted by Crippen LogP contribution is -2.11. The van der Waals surface area contributed by atoms with Crippen molar-refractivity contribution in [1.82, 2.24) is 5.32 Å². The Kier molecular flexibility index (Phi) is 21.0. The molecule has 0 saturated carbocycles. The lowest BCUT2D eigenvalue weighted by molar-refractivity contribution is 0.521. The highest BCUT2D eigenvalue weighted by atomic mass is 16.1. The molecule has 0 aromatic heterocycles. The van der Waals surface area contributed by atoms with Gasteiger partial charge < -0.3 is 5.32 Å². The summed E-state index contributed by atoms with van der Waals surface area (Å²) in [4.78, 5) is 9.95. The summed E-state index contributed by atoms with van der Waals surface area (Å²) in [5.74, 6) is 0. The smallest absolute Gasteiger partial charge is 0.309 e. The van der Waals surface area contributed by atoms with Gasteiger partial charge in [-0.1, -0.05) is 116 Å². The zero-order chi connectivity index (χ0) is 16.8. The van der Waals surface area contributed by atoms with E-state index in [1.807, 2.05) is 0 Å². The first-order valence-electron chi connectivity index (χ1n) is 10.5. The fourth-order valence-electron chi connectivity index (χ4n) is 3.17. The Morgan fingerprint density at radius 1 is 0.522 bits per heavy atom. The molecule has 0 atom stereocenters. The molecule has 0 heterocycles. The molecule has 0 spiro atoms. The van der Waals surface area contributed by atoms with Gasteiger partial charge in [-0.2, -0.15) is 0 Å². The van der Waals surface area contributed by atoms with Gasteiger partial charge in [0.05, 0.1) is 0 Å². The maximum absolute atomic E-state index is 9.95. The van der Waals surface area contributed by atoms with Gasteiger partial charge in [0.1, 0.15) is 0 Å². The van der Waals surface area contributed by atoms with E-state index < -0.39 is 0 Å². The molecule has 0 aromatic carbocycles. The van der Waals surface area contributed by atoms with Gasteiger partial charge in [0.25, 0.3) is 0 Å². The molecule has 23 heavy (non-hydrogen) atoms. The molecule has 0 aromatic rings. The highest BCUT2D eigenvalue weighted by Gasteiger charge is 1.95. The third-order valence-electron chi connectivity index (χ3n) is 4.73. The highest BCUT2D eigenvalue weighted by molar-refractivity contribution is 5.46. The zero-order valence-corrected chi connectivity index (χ0v) is 15.8. The van der Waals surface area contributed by atoms with Crippen molar-refractivity contribution < 1.29 is 4.79 Å². The molecule has 0 aliphatic heterocycles. The first-order chi connectivity index (χ1) is 11.4. The first-order valence-corrected chi connectivity index (χ1v) is 10.5. The second-order valence-electron chi connectivity index (χ2n) is 7.04. The van der Waals surface area contributed by atoms with Crippen LogP contribution in [0.1, 0.15) is 122 Å². The molecule has 1 amide bonds. The van der Waals surface area contributed by atoms with E-state index >= 15 is 0 Å². The Labute approximate surface area is 146 Å². The van der Waals surface area contributed by atoms with Crippen LogP contribution in [0.15, 0.2) is 0 Å². The number of rotatable bonds is 20. The van der Waals surface area contributed by atoms with E-state index in [1.54, 1.807) is 6.41 Å². The van der Waals surface area contributed by atoms with E-state index in [4.69, 9.17) is 0 Å². The second-order valence-corrected chi connectivity index (χ2v) is 7.04. The predicted molar refractivity (Wildman–Crippen MR) is 102 cm³/mol. The third kappa shape index (κ3) is 21.5. The summed E-state index contributed by atoms with van der Waals surface area (Å²) in [6, 6.07) is 0. The quantitative estimate of drug-likeness (QED) is 0.196. The summed E-state index contributed by atoms with van der Waals surface area (Å²) >= 11 is 0. The van der Waals surface area contributed by atoms with Crippen LogP contribution in [0.3, 0.4) is 0 Å². The average Bonchev–Trinajstić information content (AvgIpc) is 2.57. The van der Waals surface area contributed by atoms with Gasteiger partial charge in [-0.25, -0.2) is 0 Å². The van der Waals surface area contributed by atoms with Crippen LogP contribution < -0.4 is 5.32 Å². The molecular formula is C21H42NO. The molecule has 0 aliphatic rings. The summed E-state index contributed by atoms with van der Waals surface area (Å²) in [5.41, 5.74) is 0. The van der Waals surface area contributed by atoms with Crippen LogP contribution in [0.25, 0.3) is 0 Å². The summed E-state index contributed by atoms with van der Waals surface area (Å²) in [5, 5.41) is 2.60. The molecule has 0 rings (SSSR count). The fraction of sp³-hybridized carbons (Fsp3) is 0.952. The second kappa shape index (κ2) is 21.5. The van der Waals surface area contributed by atoms with E-state index in [0.29, 0.717) is 0 Å². The minimum absolute atomic E-state index is 0.794. The number of amides is 1. The maximum atomic E-state index is 9.95. The van der Waals surface area contributed by atoms with Crippen molar-refractivity contribution in [3.63, 3.8) is 0 Å². The minimum atomic E-state index is 0.794. The van der Waals surface area contributed by atoms with Gasteiger partial charge in [0.15, 0.2) is 0 Å². The van der Waals surface area contributed by atoms with Gasteiger partial charge in [-0.15, -0.1) is 0 Å². The first kappa shape index (κ1) is 22.5. The van der Waals surface area contributed by atoms with Crippen LogP contribution in [0.4, 0.5) is 0 Å². The van der Waals surface area contributed by atoms with Crippen molar-refractivity contribution in [3.05, 3.63) is 0 Å². The Morgan fingerprint density at radius 3 is 1.13 bits per heavy atom. The lowest BCUT2D eigenvalue weighted by Gasteiger charge is -2.03. The molecule has 137 valence electrons. The van der Waals surface area contributed by atoms with E-state index in [9.17, 15) is 4.79 Å². The van der Waals surface area contributed by atoms with Crippen molar-refractivity contribution in [2.75, 3.05) is 6.54 Å². The SMILES string of the molecule is CCCCCCCCCCCCCCCCCCCCN[C]=O. The van der Waals surface area contributed by atoms with E-state index in [-0.39, 0.29) is 0 Å². The Hall–Kier alpha value is -0.530. The van der Waals surface area contributed by atoms with Crippen molar-refractivity contribution in [2.24, 2.45) is 0 Å². The van der Waals surface area contributed by atoms with E-state index in [2.05, 4.69) is 12.2 Å². The molecule has 0 fully saturated rings. The van der Waals surface area contributed by atoms with Gasteiger partial charge in [-0.05, 0) is 6.42 Å². The topological polar surface area (TPSA) is 29.1 Å². The standard InChI is InChI=1S/C21H42NO/c1-2-3-4-5-6-7-8-9-10-11-12-13-14-15-16-17-18-19-20-22-21-23/h2-20H2,1H3,(H,22,23). The van der Waals surface area contributed by atoms with Crippen LogP contribution in [0.5, 0.6) is 0 Å². The van der Waals surface area contributed by atoms with Gasteiger partial charge >= 0.3 is 6.41 Å². The molecule has 1 N–H and O–H groups in total. The molecule has 0 unspecified atom stereocenters. The Morgan fingerprint density at radius 2 is 0.826 bits per heavy atom. The van der Waals surface area contributed by atoms with Gasteiger partial charge in [-0.3, -0.25) is 4.79 Å². The van der Waals surface area contributed by atoms with Crippen LogP contribution in [0.2, 0.25) is 0 Å². The van der Waals surface area contributed by atoms with Crippen LogP contribution in [-0.2, 0) is 4.79 Å². The van der Waals surface area contributed by atoms with E-state index in [0.717, 1.165) is 13.0 Å². The van der Waals surface area contributed by atoms with Gasteiger partial charge in [0, 0.05) is 6.54 Å². The zero-order valence-electron chi connectivity index (χ0n) is 15.8. The largest absolute Gasteiger partial charge is 0.348 e. The summed E-state index contributed by atoms with van der Waals surface area (Å²) in [7, 11) is 0. The third-order valence-corrected chi connectivity index (χ3v) is 4.73. The fourth-order valence-corrected chi connectivity index (χ4v) is 3.17. The normalized spacial score (nSPS) is 10.8. The van der Waals surface area contributed by atoms with Gasteiger partial charge in [0.2, 0.25) is 0 Å². The highest BCUT2D eigenvalue weighted by Crippen LogP contribution is 2.14. The lowest BCUT2D eigenvalue weighted by atomic mass is 10.0. The molecule has 2 heteroatoms. The molecule has 0 bridgehead atoms. The molecular weight excluding hydrogens is 282 g/mol. The number of unbranched alkanes of at least 4 members (excludes halogenated alkanes) is 17. The Bertz CT molecular complexity index is 218. The minimum Gasteiger partial charge on any atom is -0.348 e. The van der Waals surface area contributed by atoms with Crippen LogP contribution in [0, 0.1) is 0 Å². The summed E-state index contributed by atoms with van der Waals surface area (Å²) < 4.78 is 0. The average molecular weight is 325 g/mol. The van der Waals surface area contributed by atoms with E-state index in [1.165, 1.54) is 109 Å². The van der Waals surface area contributed by atoms with Crippen LogP contribution >= 0.6 is 0 Å². The predicted octanol–water partition coefficient (Wildman–Crippen LogP) is 6.68. The molecule has 0 aliphatic carbocycles. The van der Waals surface area contributed by atoms with Crippen LogP contribution in [-0.4, -0.2) is 13.0 Å². The summed E-state index contributed by atoms with van der Waals surface area (Å²) in [6.07, 6.45) is 26.9. The molecule has 1 radical (unpaired) electrons. The number of nitrogens with one attached hydrogen (secondary N) is 1. The van der Waals surface area contributed by atoms with Crippen molar-refractivity contribution in [3.8, 4) is 0 Å². The monoisotopic (exact) mass is 324 g/mol. The van der Waals surface area contributed by atoms with Crippen molar-refractivity contribution >= 4 is 6.41 Å². The Balaban J connectivity index is 2.93. The summed E-state index contributed by atoms with van der Waals surface area (Å²) in [6.45, 7) is 3.08. The number of carbonyl (C=O) groups excluding carboxylic acids is 1. The number of hydrogen-bond donors (Lipinski definition) is 1. The maximum Gasteiger partial charge on any atom is 0.309 e. The number of hydrogen-bond acceptors (Lipinski definition) is 1. The molecule has 0 saturated heterocycles. The molecule has 2 nitrogen and oxygen atoms in total.